The first-order chi connectivity index (χ1) is 17.5. The zero-order valence-electron chi connectivity index (χ0n) is 20.0. The van der Waals surface area contributed by atoms with E-state index >= 15 is 0 Å². The average Bonchev–Trinajstić information content (AvgIpc) is 3.33. The third kappa shape index (κ3) is 7.89. The summed E-state index contributed by atoms with van der Waals surface area (Å²) >= 11 is 0. The molecule has 2 N–H and O–H groups in total. The van der Waals surface area contributed by atoms with E-state index in [9.17, 15) is 22.8 Å². The van der Waals surface area contributed by atoms with Gasteiger partial charge in [-0.15, -0.1) is 0 Å². The number of carboxylic acid groups (broad SMARTS) is 1. The first-order valence-corrected chi connectivity index (χ1v) is 11.4. The molecule has 37 heavy (non-hydrogen) atoms. The van der Waals surface area contributed by atoms with Gasteiger partial charge in [-0.2, -0.15) is 18.3 Å². The number of alkyl halides is 3. The highest BCUT2D eigenvalue weighted by Gasteiger charge is 2.38. The van der Waals surface area contributed by atoms with E-state index in [1.54, 1.807) is 23.5 Å². The number of amides is 2. The van der Waals surface area contributed by atoms with Crippen LogP contribution in [-0.2, 0) is 22.6 Å². The fourth-order valence-electron chi connectivity index (χ4n) is 3.84. The maximum Gasteiger partial charge on any atom is 0.490 e. The van der Waals surface area contributed by atoms with E-state index in [2.05, 4.69) is 15.4 Å². The number of nitrogens with one attached hydrogen (secondary N) is 1. The van der Waals surface area contributed by atoms with Crippen molar-refractivity contribution in [2.45, 2.75) is 38.5 Å². The molecule has 12 heteroatoms. The number of hydrogen-bond acceptors (Lipinski definition) is 5. The summed E-state index contributed by atoms with van der Waals surface area (Å²) in [5.74, 6) is -2.82. The van der Waals surface area contributed by atoms with Gasteiger partial charge in [-0.3, -0.25) is 19.3 Å². The summed E-state index contributed by atoms with van der Waals surface area (Å²) in [6.45, 7) is 3.49. The summed E-state index contributed by atoms with van der Waals surface area (Å²) in [6.07, 6.45) is 1.17. The van der Waals surface area contributed by atoms with Crippen LogP contribution in [0.5, 0.6) is 0 Å². The van der Waals surface area contributed by atoms with Crippen molar-refractivity contribution in [3.63, 3.8) is 0 Å². The lowest BCUT2D eigenvalue weighted by Gasteiger charge is -2.33. The minimum Gasteiger partial charge on any atom is -0.475 e. The van der Waals surface area contributed by atoms with Crippen molar-refractivity contribution in [2.75, 3.05) is 13.1 Å². The molecule has 0 saturated heterocycles. The zero-order valence-corrected chi connectivity index (χ0v) is 20.0. The van der Waals surface area contributed by atoms with E-state index in [4.69, 9.17) is 9.90 Å². The van der Waals surface area contributed by atoms with Crippen molar-refractivity contribution in [3.8, 4) is 0 Å². The molecule has 0 saturated carbocycles. The number of nitrogens with zero attached hydrogens (tertiary/aromatic N) is 4. The van der Waals surface area contributed by atoms with E-state index in [1.165, 1.54) is 0 Å². The predicted octanol–water partition coefficient (Wildman–Crippen LogP) is 3.17. The molecule has 0 spiro atoms. The van der Waals surface area contributed by atoms with Crippen molar-refractivity contribution < 1.29 is 32.7 Å². The summed E-state index contributed by atoms with van der Waals surface area (Å²) in [5.41, 5.74) is 3.79. The third-order valence-electron chi connectivity index (χ3n) is 5.58. The monoisotopic (exact) mass is 517 g/mol. The molecule has 2 amide bonds. The largest absolute Gasteiger partial charge is 0.490 e. The number of carbonyl (C=O) groups is 3. The lowest BCUT2D eigenvalue weighted by molar-refractivity contribution is -0.192. The Bertz CT molecular complexity index is 1230. The van der Waals surface area contributed by atoms with E-state index in [1.807, 2.05) is 54.1 Å². The van der Waals surface area contributed by atoms with Crippen LogP contribution >= 0.6 is 0 Å². The van der Waals surface area contributed by atoms with Crippen molar-refractivity contribution in [3.05, 3.63) is 83.4 Å². The third-order valence-corrected chi connectivity index (χ3v) is 5.58. The molecule has 1 aliphatic rings. The number of halogens is 3. The number of aryl methyl sites for hydroxylation is 1. The smallest absolute Gasteiger partial charge is 0.475 e. The summed E-state index contributed by atoms with van der Waals surface area (Å²) in [5, 5.41) is 14.5. The van der Waals surface area contributed by atoms with Gasteiger partial charge >= 0.3 is 12.1 Å². The van der Waals surface area contributed by atoms with Gasteiger partial charge in [0.25, 0.3) is 5.91 Å². The molecule has 1 aromatic carbocycles. The Hall–Kier alpha value is -4.22. The van der Waals surface area contributed by atoms with Crippen molar-refractivity contribution in [1.82, 2.24) is 25.0 Å². The number of aliphatic carboxylic acids is 1. The molecule has 4 rings (SSSR count). The highest BCUT2D eigenvalue weighted by molar-refractivity contribution is 5.94. The molecular formula is C25H26F3N5O4. The fraction of sp³-hybridized carbons (Fsp3) is 0.320. The SMILES string of the molecule is Cc1cccc(C(=O)N2Cc3ccnn3C(CC(=O)NCCc3ccncc3)C2)c1.O=C(O)C(F)(F)F. The molecule has 9 nitrogen and oxygen atoms in total. The van der Waals surface area contributed by atoms with Gasteiger partial charge in [-0.05, 0) is 49.2 Å². The van der Waals surface area contributed by atoms with Crippen LogP contribution in [0.15, 0.2) is 61.1 Å². The number of rotatable bonds is 6. The number of hydrogen-bond donors (Lipinski definition) is 2. The number of carbonyl (C=O) groups excluding carboxylic acids is 2. The van der Waals surface area contributed by atoms with Crippen LogP contribution in [0.25, 0.3) is 0 Å². The number of benzene rings is 1. The second-order valence-electron chi connectivity index (χ2n) is 8.44. The van der Waals surface area contributed by atoms with Crippen LogP contribution in [0.3, 0.4) is 0 Å². The van der Waals surface area contributed by atoms with Gasteiger partial charge in [0.1, 0.15) is 0 Å². The molecule has 1 atom stereocenters. The normalized spacial score (nSPS) is 14.7. The number of fused-ring (bicyclic) bond motifs is 1. The van der Waals surface area contributed by atoms with Crippen molar-refractivity contribution in [1.29, 1.82) is 0 Å². The Balaban J connectivity index is 0.000000479. The Kier molecular flexibility index (Phi) is 8.99. The Labute approximate surface area is 210 Å². The Morgan fingerprint density at radius 3 is 2.46 bits per heavy atom. The first kappa shape index (κ1) is 27.4. The van der Waals surface area contributed by atoms with Gasteiger partial charge in [-0.1, -0.05) is 17.7 Å². The topological polar surface area (TPSA) is 117 Å². The van der Waals surface area contributed by atoms with E-state index in [-0.39, 0.29) is 24.3 Å². The van der Waals surface area contributed by atoms with Crippen LogP contribution in [0.2, 0.25) is 0 Å². The van der Waals surface area contributed by atoms with Gasteiger partial charge in [-0.25, -0.2) is 4.79 Å². The fourth-order valence-corrected chi connectivity index (χ4v) is 3.84. The van der Waals surface area contributed by atoms with E-state index in [0.717, 1.165) is 23.2 Å². The predicted molar refractivity (Wildman–Crippen MR) is 126 cm³/mol. The van der Waals surface area contributed by atoms with Crippen molar-refractivity contribution >= 4 is 17.8 Å². The molecule has 0 radical (unpaired) electrons. The second kappa shape index (κ2) is 12.2. The van der Waals surface area contributed by atoms with Crippen LogP contribution in [0.1, 0.15) is 39.6 Å². The zero-order chi connectivity index (χ0) is 27.0. The summed E-state index contributed by atoms with van der Waals surface area (Å²) in [6, 6.07) is 13.2. The molecule has 1 aliphatic heterocycles. The Morgan fingerprint density at radius 1 is 1.11 bits per heavy atom. The van der Waals surface area contributed by atoms with Gasteiger partial charge in [0.05, 0.1) is 24.7 Å². The quantitative estimate of drug-likeness (QED) is 0.519. The first-order valence-electron chi connectivity index (χ1n) is 11.4. The van der Waals surface area contributed by atoms with Crippen LogP contribution in [-0.4, -0.2) is 61.8 Å². The molecule has 3 heterocycles. The van der Waals surface area contributed by atoms with Crippen LogP contribution in [0, 0.1) is 6.92 Å². The van der Waals surface area contributed by atoms with Crippen LogP contribution < -0.4 is 5.32 Å². The van der Waals surface area contributed by atoms with Crippen molar-refractivity contribution in [2.24, 2.45) is 0 Å². The van der Waals surface area contributed by atoms with Gasteiger partial charge < -0.3 is 15.3 Å². The lowest BCUT2D eigenvalue weighted by Crippen LogP contribution is -2.43. The molecule has 2 aromatic heterocycles. The van der Waals surface area contributed by atoms with Gasteiger partial charge in [0.2, 0.25) is 5.91 Å². The van der Waals surface area contributed by atoms with Gasteiger partial charge in [0.15, 0.2) is 0 Å². The molecule has 0 bridgehead atoms. The minimum atomic E-state index is -5.08. The van der Waals surface area contributed by atoms with Crippen LogP contribution in [0.4, 0.5) is 13.2 Å². The highest BCUT2D eigenvalue weighted by atomic mass is 19.4. The minimum absolute atomic E-state index is 0.0192. The second-order valence-corrected chi connectivity index (χ2v) is 8.44. The van der Waals surface area contributed by atoms with E-state index in [0.29, 0.717) is 25.2 Å². The number of aromatic nitrogens is 3. The average molecular weight is 518 g/mol. The molecule has 0 aliphatic carbocycles. The summed E-state index contributed by atoms with van der Waals surface area (Å²) in [4.78, 5) is 40.3. The maximum absolute atomic E-state index is 13.0. The number of carboxylic acids is 1. The summed E-state index contributed by atoms with van der Waals surface area (Å²) < 4.78 is 33.6. The highest BCUT2D eigenvalue weighted by Crippen LogP contribution is 2.24. The molecule has 3 aromatic rings. The molecular weight excluding hydrogens is 491 g/mol. The molecule has 196 valence electrons. The standard InChI is InChI=1S/C23H25N5O2.C2HF3O2/c1-17-3-2-4-19(13-17)23(30)27-15-20-8-12-26-28(20)21(16-27)14-22(29)25-11-7-18-5-9-24-10-6-18;3-2(4,5)1(6)7/h2-6,8-10,12-13,21H,7,11,14-16H2,1H3,(H,25,29);(H,6,7). The molecule has 0 fully saturated rings. The van der Waals surface area contributed by atoms with Gasteiger partial charge in [0, 0.05) is 37.2 Å². The maximum atomic E-state index is 13.0. The summed E-state index contributed by atoms with van der Waals surface area (Å²) in [7, 11) is 0. The van der Waals surface area contributed by atoms with E-state index < -0.39 is 12.1 Å². The lowest BCUT2D eigenvalue weighted by atomic mass is 10.1. The Morgan fingerprint density at radius 2 is 1.81 bits per heavy atom. The molecule has 1 unspecified atom stereocenters. The number of pyridine rings is 1.